The highest BCUT2D eigenvalue weighted by Crippen LogP contribution is 2.28. The number of hydrogen-bond donors (Lipinski definition) is 2. The van der Waals surface area contributed by atoms with Gasteiger partial charge in [-0.1, -0.05) is 49.4 Å². The first kappa shape index (κ1) is 17.7. The molecule has 0 aliphatic rings. The molecule has 0 radical (unpaired) electrons. The molecule has 0 aliphatic carbocycles. The van der Waals surface area contributed by atoms with Gasteiger partial charge in [-0.25, -0.2) is 4.98 Å². The quantitative estimate of drug-likeness (QED) is 0.621. The Morgan fingerprint density at radius 2 is 1.73 bits per heavy atom. The van der Waals surface area contributed by atoms with Gasteiger partial charge >= 0.3 is 0 Å². The molecule has 1 unspecified atom stereocenters. The molecule has 2 aromatic carbocycles. The number of aromatic nitrogens is 2. The van der Waals surface area contributed by atoms with E-state index in [-0.39, 0.29) is 0 Å². The molecule has 3 aromatic rings. The predicted octanol–water partition coefficient (Wildman–Crippen LogP) is 5.11. The Kier molecular flexibility index (Phi) is 5.69. The number of ether oxygens (including phenoxy) is 1. The highest BCUT2D eigenvalue weighted by molar-refractivity contribution is 5.69. The Hall–Kier alpha value is -3.08. The average molecular weight is 348 g/mol. The lowest BCUT2D eigenvalue weighted by Crippen LogP contribution is -2.16. The van der Waals surface area contributed by atoms with E-state index in [1.54, 1.807) is 7.11 Å². The molecule has 0 spiro atoms. The normalized spacial score (nSPS) is 11.7. The molecule has 1 aromatic heterocycles. The van der Waals surface area contributed by atoms with Crippen LogP contribution in [0.2, 0.25) is 0 Å². The number of nitrogens with zero attached hydrogens (tertiary/aromatic N) is 2. The van der Waals surface area contributed by atoms with E-state index in [0.29, 0.717) is 17.8 Å². The van der Waals surface area contributed by atoms with E-state index in [4.69, 9.17) is 4.74 Å². The summed E-state index contributed by atoms with van der Waals surface area (Å²) < 4.78 is 5.42. The molecule has 5 nitrogen and oxygen atoms in total. The fourth-order valence-corrected chi connectivity index (χ4v) is 2.54. The molecule has 0 amide bonds. The van der Waals surface area contributed by atoms with Crippen LogP contribution < -0.4 is 15.4 Å². The fraction of sp³-hybridized carbons (Fsp3) is 0.238. The number of anilines is 3. The van der Waals surface area contributed by atoms with Gasteiger partial charge in [-0.05, 0) is 25.5 Å². The molecular weight excluding hydrogens is 324 g/mol. The molecule has 5 heteroatoms. The van der Waals surface area contributed by atoms with E-state index in [1.165, 1.54) is 0 Å². The van der Waals surface area contributed by atoms with Crippen LogP contribution in [-0.4, -0.2) is 23.1 Å². The Morgan fingerprint density at radius 3 is 2.46 bits per heavy atom. The van der Waals surface area contributed by atoms with E-state index in [2.05, 4.69) is 34.4 Å². The third-order valence-electron chi connectivity index (χ3n) is 4.15. The van der Waals surface area contributed by atoms with Crippen molar-refractivity contribution in [2.45, 2.75) is 26.3 Å². The minimum atomic E-state index is 0.292. The van der Waals surface area contributed by atoms with Crippen molar-refractivity contribution >= 4 is 17.5 Å². The predicted molar refractivity (Wildman–Crippen MR) is 107 cm³/mol. The largest absolute Gasteiger partial charge is 0.495 e. The second kappa shape index (κ2) is 8.34. The molecule has 26 heavy (non-hydrogen) atoms. The summed E-state index contributed by atoms with van der Waals surface area (Å²) in [6, 6.07) is 20.1. The van der Waals surface area contributed by atoms with Crippen LogP contribution in [0.15, 0.2) is 60.7 Å². The first-order valence-corrected chi connectivity index (χ1v) is 8.80. The zero-order chi connectivity index (χ0) is 18.4. The molecule has 1 heterocycles. The third-order valence-corrected chi connectivity index (χ3v) is 4.15. The molecule has 0 saturated heterocycles. The van der Waals surface area contributed by atoms with Gasteiger partial charge in [0.1, 0.15) is 11.6 Å². The van der Waals surface area contributed by atoms with Gasteiger partial charge in [0.25, 0.3) is 0 Å². The van der Waals surface area contributed by atoms with Crippen LogP contribution in [0.5, 0.6) is 5.75 Å². The molecule has 0 bridgehead atoms. The smallest absolute Gasteiger partial charge is 0.225 e. The van der Waals surface area contributed by atoms with Crippen molar-refractivity contribution in [1.29, 1.82) is 0 Å². The number of methoxy groups -OCH3 is 1. The highest BCUT2D eigenvalue weighted by Gasteiger charge is 2.10. The van der Waals surface area contributed by atoms with Gasteiger partial charge in [-0.3, -0.25) is 0 Å². The van der Waals surface area contributed by atoms with E-state index in [1.807, 2.05) is 60.7 Å². The minimum absolute atomic E-state index is 0.292. The van der Waals surface area contributed by atoms with Crippen molar-refractivity contribution < 1.29 is 4.74 Å². The zero-order valence-electron chi connectivity index (χ0n) is 15.4. The van der Waals surface area contributed by atoms with E-state index < -0.39 is 0 Å². The standard InChI is InChI=1S/C21H24N4O/c1-4-15(2)22-21-24-18(16-10-6-5-7-11-16)14-20(25-21)23-17-12-8-9-13-19(17)26-3/h5-15H,4H2,1-3H3,(H2,22,23,24,25). The van der Waals surface area contributed by atoms with Gasteiger partial charge in [0.2, 0.25) is 5.95 Å². The number of hydrogen-bond acceptors (Lipinski definition) is 5. The zero-order valence-corrected chi connectivity index (χ0v) is 15.4. The molecular formula is C21H24N4O. The Bertz CT molecular complexity index is 852. The number of nitrogens with one attached hydrogen (secondary N) is 2. The van der Waals surface area contributed by atoms with E-state index in [9.17, 15) is 0 Å². The van der Waals surface area contributed by atoms with Gasteiger partial charge in [-0.15, -0.1) is 0 Å². The first-order chi connectivity index (χ1) is 12.7. The second-order valence-corrected chi connectivity index (χ2v) is 6.11. The number of para-hydroxylation sites is 2. The Balaban J connectivity index is 1.99. The topological polar surface area (TPSA) is 59.1 Å². The monoisotopic (exact) mass is 348 g/mol. The summed E-state index contributed by atoms with van der Waals surface area (Å²) >= 11 is 0. The summed E-state index contributed by atoms with van der Waals surface area (Å²) in [6.45, 7) is 4.25. The molecule has 0 aliphatic heterocycles. The molecule has 3 rings (SSSR count). The summed E-state index contributed by atoms with van der Waals surface area (Å²) in [7, 11) is 1.66. The van der Waals surface area contributed by atoms with Crippen molar-refractivity contribution in [3.8, 4) is 17.0 Å². The molecule has 1 atom stereocenters. The maximum atomic E-state index is 5.42. The molecule has 0 fully saturated rings. The summed E-state index contributed by atoms with van der Waals surface area (Å²) in [5.41, 5.74) is 2.77. The van der Waals surface area contributed by atoms with Crippen LogP contribution in [0.3, 0.4) is 0 Å². The van der Waals surface area contributed by atoms with Gasteiger partial charge in [0, 0.05) is 17.7 Å². The van der Waals surface area contributed by atoms with Gasteiger partial charge < -0.3 is 15.4 Å². The van der Waals surface area contributed by atoms with Gasteiger partial charge in [0.05, 0.1) is 18.5 Å². The van der Waals surface area contributed by atoms with Crippen LogP contribution in [0.1, 0.15) is 20.3 Å². The van der Waals surface area contributed by atoms with Gasteiger partial charge in [-0.2, -0.15) is 4.98 Å². The summed E-state index contributed by atoms with van der Waals surface area (Å²) in [5, 5.41) is 6.71. The molecule has 0 saturated carbocycles. The maximum Gasteiger partial charge on any atom is 0.225 e. The second-order valence-electron chi connectivity index (χ2n) is 6.11. The lowest BCUT2D eigenvalue weighted by molar-refractivity contribution is 0.417. The Morgan fingerprint density at radius 1 is 1.00 bits per heavy atom. The lowest BCUT2D eigenvalue weighted by atomic mass is 10.1. The van der Waals surface area contributed by atoms with Crippen molar-refractivity contribution in [2.75, 3.05) is 17.7 Å². The average Bonchev–Trinajstić information content (AvgIpc) is 2.69. The van der Waals surface area contributed by atoms with Crippen LogP contribution in [-0.2, 0) is 0 Å². The third kappa shape index (κ3) is 4.30. The van der Waals surface area contributed by atoms with E-state index >= 15 is 0 Å². The summed E-state index contributed by atoms with van der Waals surface area (Å²) in [4.78, 5) is 9.31. The minimum Gasteiger partial charge on any atom is -0.495 e. The van der Waals surface area contributed by atoms with Crippen molar-refractivity contribution in [1.82, 2.24) is 9.97 Å². The summed E-state index contributed by atoms with van der Waals surface area (Å²) in [5.74, 6) is 2.09. The van der Waals surface area contributed by atoms with Crippen molar-refractivity contribution in [3.05, 3.63) is 60.7 Å². The van der Waals surface area contributed by atoms with E-state index in [0.717, 1.165) is 29.1 Å². The number of benzene rings is 2. The highest BCUT2D eigenvalue weighted by atomic mass is 16.5. The van der Waals surface area contributed by atoms with Crippen LogP contribution in [0.25, 0.3) is 11.3 Å². The first-order valence-electron chi connectivity index (χ1n) is 8.80. The van der Waals surface area contributed by atoms with Crippen molar-refractivity contribution in [3.63, 3.8) is 0 Å². The van der Waals surface area contributed by atoms with Crippen molar-refractivity contribution in [2.24, 2.45) is 0 Å². The molecule has 134 valence electrons. The van der Waals surface area contributed by atoms with Crippen LogP contribution >= 0.6 is 0 Å². The molecule has 2 N–H and O–H groups in total. The lowest BCUT2D eigenvalue weighted by Gasteiger charge is -2.15. The number of rotatable bonds is 7. The van der Waals surface area contributed by atoms with Crippen LogP contribution in [0, 0.1) is 0 Å². The maximum absolute atomic E-state index is 5.42. The summed E-state index contributed by atoms with van der Waals surface area (Å²) in [6.07, 6.45) is 0.994. The fourth-order valence-electron chi connectivity index (χ4n) is 2.54. The SMILES string of the molecule is CCC(C)Nc1nc(Nc2ccccc2OC)cc(-c2ccccc2)n1. The Labute approximate surface area is 154 Å². The van der Waals surface area contributed by atoms with Gasteiger partial charge in [0.15, 0.2) is 0 Å². The van der Waals surface area contributed by atoms with Crippen LogP contribution in [0.4, 0.5) is 17.5 Å².